The highest BCUT2D eigenvalue weighted by Gasteiger charge is 2.32. The molecule has 0 aromatic heterocycles. The summed E-state index contributed by atoms with van der Waals surface area (Å²) < 4.78 is 5.27. The zero-order valence-electron chi connectivity index (χ0n) is 17.0. The van der Waals surface area contributed by atoms with Gasteiger partial charge in [-0.1, -0.05) is 20.3 Å². The van der Waals surface area contributed by atoms with Gasteiger partial charge < -0.3 is 15.4 Å². The highest BCUT2D eigenvalue weighted by atomic mass is 16.6. The molecule has 1 heterocycles. The number of hydrogen-bond acceptors (Lipinski definition) is 5. The smallest absolute Gasteiger partial charge is 0.407 e. The molecule has 0 bridgehead atoms. The van der Waals surface area contributed by atoms with E-state index < -0.39 is 17.2 Å². The van der Waals surface area contributed by atoms with E-state index in [4.69, 9.17) is 4.74 Å². The van der Waals surface area contributed by atoms with Crippen molar-refractivity contribution in [1.29, 1.82) is 5.26 Å². The number of carbonyl (C=O) groups is 2. The van der Waals surface area contributed by atoms with Gasteiger partial charge in [0, 0.05) is 12.6 Å². The normalized spacial score (nSPS) is 20.8. The Morgan fingerprint density at radius 1 is 1.27 bits per heavy atom. The second-order valence-electron chi connectivity index (χ2n) is 8.52. The molecule has 1 aliphatic rings. The van der Waals surface area contributed by atoms with Gasteiger partial charge in [0.2, 0.25) is 5.91 Å². The molecule has 1 aliphatic heterocycles. The fourth-order valence-electron chi connectivity index (χ4n) is 2.83. The van der Waals surface area contributed by atoms with Gasteiger partial charge in [0.25, 0.3) is 0 Å². The number of nitrogens with zero attached hydrogens (tertiary/aromatic N) is 2. The van der Waals surface area contributed by atoms with E-state index >= 15 is 0 Å². The van der Waals surface area contributed by atoms with Crippen LogP contribution in [0.2, 0.25) is 0 Å². The number of carbonyl (C=O) groups excluding carboxylic acids is 2. The lowest BCUT2D eigenvalue weighted by Crippen LogP contribution is -2.55. The quantitative estimate of drug-likeness (QED) is 0.753. The fraction of sp³-hybridized carbons (Fsp3) is 0.842. The standard InChI is InChI=1S/C19H34N4O3/c1-14(2)19(6,13-20)22-16(24)12-23-10-8-7-9-15(23)11-21-17(25)26-18(3,4)5/h14-15H,7-12H2,1-6H3,(H,21,25)(H,22,24). The van der Waals surface area contributed by atoms with Crippen LogP contribution in [0.5, 0.6) is 0 Å². The van der Waals surface area contributed by atoms with E-state index in [1.54, 1.807) is 6.92 Å². The summed E-state index contributed by atoms with van der Waals surface area (Å²) in [4.78, 5) is 26.4. The molecule has 7 heteroatoms. The third-order valence-corrected chi connectivity index (χ3v) is 4.76. The van der Waals surface area contributed by atoms with Gasteiger partial charge in [0.1, 0.15) is 11.1 Å². The first-order valence-electron chi connectivity index (χ1n) is 9.40. The minimum atomic E-state index is -0.878. The molecule has 148 valence electrons. The maximum absolute atomic E-state index is 12.4. The molecule has 2 atom stereocenters. The van der Waals surface area contributed by atoms with Crippen molar-refractivity contribution in [1.82, 2.24) is 15.5 Å². The van der Waals surface area contributed by atoms with Crippen molar-refractivity contribution in [2.24, 2.45) is 5.92 Å². The number of hydrogen-bond donors (Lipinski definition) is 2. The maximum atomic E-state index is 12.4. The Balaban J connectivity index is 2.59. The molecule has 2 unspecified atom stereocenters. The second-order valence-corrected chi connectivity index (χ2v) is 8.52. The Kier molecular flexibility index (Phi) is 7.88. The Morgan fingerprint density at radius 2 is 1.92 bits per heavy atom. The molecule has 0 aromatic carbocycles. The lowest BCUT2D eigenvalue weighted by Gasteiger charge is -2.36. The van der Waals surface area contributed by atoms with Crippen LogP contribution in [0.1, 0.15) is 60.8 Å². The summed E-state index contributed by atoms with van der Waals surface area (Å²) >= 11 is 0. The first kappa shape index (κ1) is 22.2. The van der Waals surface area contributed by atoms with Crippen LogP contribution >= 0.6 is 0 Å². The fourth-order valence-corrected chi connectivity index (χ4v) is 2.83. The third kappa shape index (κ3) is 7.20. The van der Waals surface area contributed by atoms with E-state index in [1.807, 2.05) is 34.6 Å². The second kappa shape index (κ2) is 9.22. The van der Waals surface area contributed by atoms with Gasteiger partial charge in [-0.3, -0.25) is 9.69 Å². The Bertz CT molecular complexity index is 536. The molecule has 0 aliphatic carbocycles. The average Bonchev–Trinajstić information content (AvgIpc) is 2.52. The van der Waals surface area contributed by atoms with E-state index in [9.17, 15) is 14.9 Å². The van der Waals surface area contributed by atoms with Crippen molar-refractivity contribution >= 4 is 12.0 Å². The number of rotatable bonds is 6. The van der Waals surface area contributed by atoms with Crippen molar-refractivity contribution in [3.8, 4) is 6.07 Å². The van der Waals surface area contributed by atoms with Gasteiger partial charge in [0.15, 0.2) is 0 Å². The van der Waals surface area contributed by atoms with Crippen molar-refractivity contribution in [2.45, 2.75) is 78.0 Å². The van der Waals surface area contributed by atoms with E-state index in [-0.39, 0.29) is 24.4 Å². The molecule has 0 saturated carbocycles. The zero-order chi connectivity index (χ0) is 20.0. The van der Waals surface area contributed by atoms with Gasteiger partial charge in [-0.05, 0) is 53.0 Å². The number of likely N-dealkylation sites (tertiary alicyclic amines) is 1. The van der Waals surface area contributed by atoms with Crippen LogP contribution in [-0.2, 0) is 9.53 Å². The van der Waals surface area contributed by atoms with E-state index in [0.29, 0.717) is 6.54 Å². The summed E-state index contributed by atoms with van der Waals surface area (Å²) in [6.07, 6.45) is 2.57. The summed E-state index contributed by atoms with van der Waals surface area (Å²) in [7, 11) is 0. The Hall–Kier alpha value is -1.81. The monoisotopic (exact) mass is 366 g/mol. The minimum absolute atomic E-state index is 0.0161. The van der Waals surface area contributed by atoms with Crippen LogP contribution in [0.4, 0.5) is 4.79 Å². The van der Waals surface area contributed by atoms with E-state index in [2.05, 4.69) is 21.6 Å². The molecular formula is C19H34N4O3. The number of ether oxygens (including phenoxy) is 1. The molecule has 7 nitrogen and oxygen atoms in total. The van der Waals surface area contributed by atoms with Gasteiger partial charge in [0.05, 0.1) is 12.6 Å². The van der Waals surface area contributed by atoms with Crippen molar-refractivity contribution < 1.29 is 14.3 Å². The molecule has 2 N–H and O–H groups in total. The molecule has 0 aromatic rings. The molecule has 0 radical (unpaired) electrons. The maximum Gasteiger partial charge on any atom is 0.407 e. The molecule has 1 rings (SSSR count). The van der Waals surface area contributed by atoms with Gasteiger partial charge in [-0.15, -0.1) is 0 Å². The first-order valence-corrected chi connectivity index (χ1v) is 9.40. The number of nitrogens with one attached hydrogen (secondary N) is 2. The van der Waals surface area contributed by atoms with Crippen molar-refractivity contribution in [3.05, 3.63) is 0 Å². The highest BCUT2D eigenvalue weighted by molar-refractivity contribution is 5.79. The summed E-state index contributed by atoms with van der Waals surface area (Å²) in [6.45, 7) is 12.5. The number of piperidine rings is 1. The van der Waals surface area contributed by atoms with E-state index in [1.165, 1.54) is 0 Å². The largest absolute Gasteiger partial charge is 0.444 e. The molecule has 1 fully saturated rings. The van der Waals surface area contributed by atoms with Gasteiger partial charge in [-0.25, -0.2) is 4.79 Å². The predicted molar refractivity (Wildman–Crippen MR) is 100 cm³/mol. The SMILES string of the molecule is CC(C)C(C)(C#N)NC(=O)CN1CCCCC1CNC(=O)OC(C)(C)C. The summed E-state index contributed by atoms with van der Waals surface area (Å²) in [5.41, 5.74) is -1.41. The third-order valence-electron chi connectivity index (χ3n) is 4.76. The molecule has 1 saturated heterocycles. The molecule has 0 spiro atoms. The average molecular weight is 367 g/mol. The van der Waals surface area contributed by atoms with Crippen LogP contribution in [0.3, 0.4) is 0 Å². The molecule has 26 heavy (non-hydrogen) atoms. The Morgan fingerprint density at radius 3 is 2.46 bits per heavy atom. The predicted octanol–water partition coefficient (Wildman–Crippen LogP) is 2.42. The molecule has 2 amide bonds. The van der Waals surface area contributed by atoms with E-state index in [0.717, 1.165) is 25.8 Å². The van der Waals surface area contributed by atoms with Crippen LogP contribution in [0.15, 0.2) is 0 Å². The lowest BCUT2D eigenvalue weighted by atomic mass is 9.90. The number of alkyl carbamates (subject to hydrolysis) is 1. The van der Waals surface area contributed by atoms with Crippen LogP contribution in [-0.4, -0.2) is 53.7 Å². The first-order chi connectivity index (χ1) is 12.0. The number of amides is 2. The van der Waals surface area contributed by atoms with Crippen LogP contribution < -0.4 is 10.6 Å². The number of nitriles is 1. The van der Waals surface area contributed by atoms with Gasteiger partial charge >= 0.3 is 6.09 Å². The molecular weight excluding hydrogens is 332 g/mol. The van der Waals surface area contributed by atoms with Crippen LogP contribution in [0.25, 0.3) is 0 Å². The minimum Gasteiger partial charge on any atom is -0.444 e. The topological polar surface area (TPSA) is 94.5 Å². The zero-order valence-corrected chi connectivity index (χ0v) is 17.0. The van der Waals surface area contributed by atoms with Crippen molar-refractivity contribution in [3.63, 3.8) is 0 Å². The lowest BCUT2D eigenvalue weighted by molar-refractivity contribution is -0.124. The Labute approximate surface area is 157 Å². The van der Waals surface area contributed by atoms with Gasteiger partial charge in [-0.2, -0.15) is 5.26 Å². The summed E-state index contributed by atoms with van der Waals surface area (Å²) in [5, 5.41) is 15.0. The highest BCUT2D eigenvalue weighted by Crippen LogP contribution is 2.18. The summed E-state index contributed by atoms with van der Waals surface area (Å²) in [6, 6.07) is 2.29. The summed E-state index contributed by atoms with van der Waals surface area (Å²) in [5.74, 6) is -0.144. The van der Waals surface area contributed by atoms with Crippen molar-refractivity contribution in [2.75, 3.05) is 19.6 Å². The van der Waals surface area contributed by atoms with Crippen LogP contribution in [0, 0.1) is 17.2 Å².